The number of rotatable bonds is 4. The first-order chi connectivity index (χ1) is 18.7. The lowest BCUT2D eigenvalue weighted by Crippen LogP contribution is -2.53. The van der Waals surface area contributed by atoms with Gasteiger partial charge in [-0.2, -0.15) is 26.3 Å². The van der Waals surface area contributed by atoms with Crippen molar-refractivity contribution < 1.29 is 45.4 Å². The molecular formula is C29H24F7NO3. The lowest BCUT2D eigenvalue weighted by Gasteiger charge is -2.44. The summed E-state index contributed by atoms with van der Waals surface area (Å²) in [6.07, 6.45) is -13.7. The molecule has 11 heteroatoms. The fraction of sp³-hybridized carbons (Fsp3) is 0.345. The highest BCUT2D eigenvalue weighted by Crippen LogP contribution is 2.60. The minimum Gasteiger partial charge on any atom is -0.488 e. The summed E-state index contributed by atoms with van der Waals surface area (Å²) in [7, 11) is 0. The normalized spacial score (nSPS) is 23.4. The van der Waals surface area contributed by atoms with Crippen molar-refractivity contribution >= 4 is 11.6 Å². The van der Waals surface area contributed by atoms with Gasteiger partial charge in [-0.15, -0.1) is 0 Å². The molecule has 1 heterocycles. The number of amides is 1. The summed E-state index contributed by atoms with van der Waals surface area (Å²) in [6, 6.07) is 15.4. The zero-order valence-corrected chi connectivity index (χ0v) is 21.1. The monoisotopic (exact) mass is 567 g/mol. The number of aliphatic hydroxyl groups is 1. The number of alkyl halides is 7. The van der Waals surface area contributed by atoms with Crippen molar-refractivity contribution in [3.8, 4) is 5.75 Å². The average molecular weight is 568 g/mol. The predicted molar refractivity (Wildman–Crippen MR) is 132 cm³/mol. The second-order valence-corrected chi connectivity index (χ2v) is 10.0. The molecule has 0 bridgehead atoms. The number of benzene rings is 3. The summed E-state index contributed by atoms with van der Waals surface area (Å²) >= 11 is 0. The Morgan fingerprint density at radius 2 is 1.68 bits per heavy atom. The minimum absolute atomic E-state index is 0.00977. The van der Waals surface area contributed by atoms with Crippen LogP contribution in [0.4, 0.5) is 36.4 Å². The molecule has 40 heavy (non-hydrogen) atoms. The first-order valence-corrected chi connectivity index (χ1v) is 12.5. The SMILES string of the molecule is C[C@H](C(=O)N1C[C@@H](Oc2ccccc2C(F)(F)F)CCc2cc3c(cc21)C(F)C3(O)C(F)(F)F)c1ccccc1. The van der Waals surface area contributed by atoms with Crippen LogP contribution in [0.1, 0.15) is 53.3 Å². The van der Waals surface area contributed by atoms with Crippen LogP contribution in [0.3, 0.4) is 0 Å². The molecule has 0 saturated heterocycles. The number of carbonyl (C=O) groups excluding carboxylic acids is 1. The molecule has 5 rings (SSSR count). The van der Waals surface area contributed by atoms with E-state index < -0.39 is 64.5 Å². The van der Waals surface area contributed by atoms with E-state index in [0.29, 0.717) is 5.56 Å². The Labute approximate surface area is 225 Å². The summed E-state index contributed by atoms with van der Waals surface area (Å²) in [4.78, 5) is 15.0. The number of hydrogen-bond acceptors (Lipinski definition) is 3. The summed E-state index contributed by atoms with van der Waals surface area (Å²) in [5.74, 6) is -1.68. The maximum atomic E-state index is 14.8. The number of halogens is 7. The number of anilines is 1. The fourth-order valence-corrected chi connectivity index (χ4v) is 5.34. The molecule has 2 unspecified atom stereocenters. The molecule has 0 fully saturated rings. The number of para-hydroxylation sites is 1. The molecule has 1 aliphatic carbocycles. The zero-order valence-electron chi connectivity index (χ0n) is 21.1. The van der Waals surface area contributed by atoms with Gasteiger partial charge in [0.25, 0.3) is 0 Å². The molecule has 3 aromatic rings. The van der Waals surface area contributed by atoms with Crippen LogP contribution >= 0.6 is 0 Å². The molecule has 0 saturated carbocycles. The van der Waals surface area contributed by atoms with Gasteiger partial charge in [0.05, 0.1) is 18.0 Å². The van der Waals surface area contributed by atoms with Crippen LogP contribution in [0.2, 0.25) is 0 Å². The minimum atomic E-state index is -5.28. The Balaban J connectivity index is 1.56. The Morgan fingerprint density at radius 3 is 2.33 bits per heavy atom. The van der Waals surface area contributed by atoms with Crippen molar-refractivity contribution in [2.45, 2.75) is 55.9 Å². The molecule has 1 N–H and O–H groups in total. The van der Waals surface area contributed by atoms with E-state index in [1.807, 2.05) is 0 Å². The third-order valence-corrected chi connectivity index (χ3v) is 7.57. The van der Waals surface area contributed by atoms with Gasteiger partial charge in [-0.3, -0.25) is 4.79 Å². The van der Waals surface area contributed by atoms with Crippen molar-refractivity contribution in [3.05, 3.63) is 94.5 Å². The third kappa shape index (κ3) is 4.59. The Bertz CT molecular complexity index is 1420. The number of fused-ring (bicyclic) bond motifs is 2. The zero-order chi connectivity index (χ0) is 29.0. The summed E-state index contributed by atoms with van der Waals surface area (Å²) < 4.78 is 102. The standard InChI is InChI=1S/C29H24F7NO3/c1-16(17-7-3-2-4-8-17)26(38)37-15-19(40-24-10-6-5-9-21(24)28(31,32)33)12-11-18-13-22-20(14-23(18)37)25(30)27(22,39)29(34,35)36/h2-10,13-14,16,19,25,39H,11-12,15H2,1H3/t16-,19-,25?,27?/m0/s1. The topological polar surface area (TPSA) is 49.8 Å². The summed E-state index contributed by atoms with van der Waals surface area (Å²) in [6.45, 7) is 1.40. The molecule has 0 aromatic heterocycles. The molecule has 1 amide bonds. The Hall–Kier alpha value is -3.60. The highest BCUT2D eigenvalue weighted by Gasteiger charge is 2.68. The maximum Gasteiger partial charge on any atom is 0.424 e. The van der Waals surface area contributed by atoms with Crippen molar-refractivity contribution in [2.24, 2.45) is 0 Å². The van der Waals surface area contributed by atoms with Gasteiger partial charge in [0.1, 0.15) is 11.9 Å². The van der Waals surface area contributed by atoms with E-state index in [0.717, 1.165) is 24.3 Å². The Kier molecular flexibility index (Phi) is 6.84. The highest BCUT2D eigenvalue weighted by atomic mass is 19.4. The maximum absolute atomic E-state index is 14.8. The fourth-order valence-electron chi connectivity index (χ4n) is 5.34. The van der Waals surface area contributed by atoms with E-state index in [4.69, 9.17) is 4.74 Å². The van der Waals surface area contributed by atoms with Crippen molar-refractivity contribution in [3.63, 3.8) is 0 Å². The van der Waals surface area contributed by atoms with E-state index in [-0.39, 0.29) is 30.6 Å². The van der Waals surface area contributed by atoms with E-state index in [1.165, 1.54) is 17.0 Å². The Morgan fingerprint density at radius 1 is 1.02 bits per heavy atom. The van der Waals surface area contributed by atoms with Crippen LogP contribution in [-0.4, -0.2) is 29.8 Å². The number of carbonyl (C=O) groups is 1. The molecule has 1 aliphatic heterocycles. The molecule has 212 valence electrons. The molecule has 4 nitrogen and oxygen atoms in total. The van der Waals surface area contributed by atoms with Gasteiger partial charge in [-0.05, 0) is 60.7 Å². The quantitative estimate of drug-likeness (QED) is 0.345. The third-order valence-electron chi connectivity index (χ3n) is 7.57. The molecule has 4 atom stereocenters. The number of nitrogens with zero attached hydrogens (tertiary/aromatic N) is 1. The van der Waals surface area contributed by atoms with E-state index in [9.17, 15) is 40.6 Å². The van der Waals surface area contributed by atoms with Crippen molar-refractivity contribution in [1.82, 2.24) is 0 Å². The predicted octanol–water partition coefficient (Wildman–Crippen LogP) is 7.01. The molecular weight excluding hydrogens is 543 g/mol. The van der Waals surface area contributed by atoms with Gasteiger partial charge < -0.3 is 14.7 Å². The van der Waals surface area contributed by atoms with E-state index >= 15 is 0 Å². The molecule has 2 aliphatic rings. The van der Waals surface area contributed by atoms with Crippen LogP contribution in [0, 0.1) is 0 Å². The average Bonchev–Trinajstić information content (AvgIpc) is 3.09. The molecule has 0 radical (unpaired) electrons. The van der Waals surface area contributed by atoms with Crippen LogP contribution in [0.5, 0.6) is 5.75 Å². The van der Waals surface area contributed by atoms with Crippen LogP contribution in [-0.2, 0) is 23.0 Å². The second-order valence-electron chi connectivity index (χ2n) is 10.0. The summed E-state index contributed by atoms with van der Waals surface area (Å²) in [5.41, 5.74) is -4.74. The van der Waals surface area contributed by atoms with Gasteiger partial charge in [0.2, 0.25) is 11.5 Å². The van der Waals surface area contributed by atoms with Crippen molar-refractivity contribution in [2.75, 3.05) is 11.4 Å². The lowest BCUT2D eigenvalue weighted by atomic mass is 9.70. The number of ether oxygens (including phenoxy) is 1. The first kappa shape index (κ1) is 27.9. The lowest BCUT2D eigenvalue weighted by molar-refractivity contribution is -0.302. The summed E-state index contributed by atoms with van der Waals surface area (Å²) in [5, 5.41) is 10.2. The molecule has 0 spiro atoms. The van der Waals surface area contributed by atoms with Gasteiger partial charge in [0, 0.05) is 11.3 Å². The smallest absolute Gasteiger partial charge is 0.424 e. The van der Waals surface area contributed by atoms with Crippen LogP contribution < -0.4 is 9.64 Å². The van der Waals surface area contributed by atoms with Gasteiger partial charge >= 0.3 is 12.4 Å². The van der Waals surface area contributed by atoms with Gasteiger partial charge in [-0.25, -0.2) is 4.39 Å². The van der Waals surface area contributed by atoms with E-state index in [1.54, 1.807) is 37.3 Å². The van der Waals surface area contributed by atoms with Gasteiger partial charge in [0.15, 0.2) is 6.17 Å². The number of aryl methyl sites for hydroxylation is 1. The van der Waals surface area contributed by atoms with Crippen molar-refractivity contribution in [1.29, 1.82) is 0 Å². The van der Waals surface area contributed by atoms with Gasteiger partial charge in [-0.1, -0.05) is 42.5 Å². The highest BCUT2D eigenvalue weighted by molar-refractivity contribution is 5.99. The number of hydrogen-bond donors (Lipinski definition) is 1. The second kappa shape index (κ2) is 9.79. The van der Waals surface area contributed by atoms with E-state index in [2.05, 4.69) is 0 Å². The van der Waals surface area contributed by atoms with Crippen LogP contribution in [0.15, 0.2) is 66.7 Å². The largest absolute Gasteiger partial charge is 0.488 e. The van der Waals surface area contributed by atoms with Crippen LogP contribution in [0.25, 0.3) is 0 Å². The first-order valence-electron chi connectivity index (χ1n) is 12.5. The molecule has 3 aromatic carbocycles.